The first kappa shape index (κ1) is 12.9. The molecule has 1 aromatic heterocycles. The molecule has 1 amide bonds. The minimum Gasteiger partial charge on any atom is -0.365 e. The van der Waals surface area contributed by atoms with Gasteiger partial charge in [-0.2, -0.15) is 0 Å². The molecular formula is C12H12ClN3OS. The summed E-state index contributed by atoms with van der Waals surface area (Å²) in [6, 6.07) is 5.49. The summed E-state index contributed by atoms with van der Waals surface area (Å²) in [5.41, 5.74) is 1.57. The van der Waals surface area contributed by atoms with E-state index in [4.69, 9.17) is 11.6 Å². The van der Waals surface area contributed by atoms with Crippen LogP contribution in [0, 0.1) is 6.92 Å². The smallest absolute Gasteiger partial charge is 0.267 e. The van der Waals surface area contributed by atoms with Gasteiger partial charge in [-0.15, -0.1) is 0 Å². The van der Waals surface area contributed by atoms with Gasteiger partial charge in [-0.3, -0.25) is 4.79 Å². The van der Waals surface area contributed by atoms with Crippen LogP contribution in [0.2, 0.25) is 5.02 Å². The molecule has 2 aromatic rings. The Labute approximate surface area is 114 Å². The Bertz CT molecular complexity index is 562. The lowest BCUT2D eigenvalue weighted by atomic mass is 10.2. The minimum absolute atomic E-state index is 0.204. The lowest BCUT2D eigenvalue weighted by molar-refractivity contribution is 0.103. The van der Waals surface area contributed by atoms with Crippen LogP contribution >= 0.6 is 22.9 Å². The fraction of sp³-hybridized carbons (Fsp3) is 0.167. The van der Waals surface area contributed by atoms with Gasteiger partial charge in [0, 0.05) is 7.05 Å². The molecule has 2 rings (SSSR count). The molecule has 94 valence electrons. The summed E-state index contributed by atoms with van der Waals surface area (Å²) in [4.78, 5) is 16.6. The average molecular weight is 282 g/mol. The quantitative estimate of drug-likeness (QED) is 0.907. The molecule has 0 atom stereocenters. The molecule has 0 aliphatic heterocycles. The number of para-hydroxylation sites is 1. The van der Waals surface area contributed by atoms with Crippen LogP contribution in [0.3, 0.4) is 0 Å². The summed E-state index contributed by atoms with van der Waals surface area (Å²) in [7, 11) is 1.76. The van der Waals surface area contributed by atoms with Gasteiger partial charge in [-0.05, 0) is 18.6 Å². The summed E-state index contributed by atoms with van der Waals surface area (Å²) in [6.45, 7) is 1.90. The Morgan fingerprint density at radius 2 is 2.22 bits per heavy atom. The van der Waals surface area contributed by atoms with Crippen LogP contribution in [0.15, 0.2) is 24.4 Å². The predicted molar refractivity (Wildman–Crippen MR) is 75.8 cm³/mol. The van der Waals surface area contributed by atoms with Crippen LogP contribution in [0.25, 0.3) is 0 Å². The Balaban J connectivity index is 2.21. The normalized spacial score (nSPS) is 10.2. The third kappa shape index (κ3) is 2.63. The van der Waals surface area contributed by atoms with Crippen molar-refractivity contribution in [2.24, 2.45) is 0 Å². The molecule has 0 fully saturated rings. The van der Waals surface area contributed by atoms with Crippen molar-refractivity contribution in [3.8, 4) is 0 Å². The number of aromatic nitrogens is 1. The number of rotatable bonds is 3. The third-order valence-corrected chi connectivity index (χ3v) is 3.73. The van der Waals surface area contributed by atoms with Crippen molar-refractivity contribution >= 4 is 39.7 Å². The van der Waals surface area contributed by atoms with Gasteiger partial charge in [-0.1, -0.05) is 35.1 Å². The van der Waals surface area contributed by atoms with Crippen molar-refractivity contribution in [1.29, 1.82) is 0 Å². The molecule has 0 radical (unpaired) electrons. The molecule has 0 unspecified atom stereocenters. The highest BCUT2D eigenvalue weighted by Gasteiger charge is 2.13. The number of thiazole rings is 1. The minimum atomic E-state index is -0.204. The van der Waals surface area contributed by atoms with Gasteiger partial charge >= 0.3 is 0 Å². The average Bonchev–Trinajstić information content (AvgIpc) is 2.82. The van der Waals surface area contributed by atoms with E-state index in [1.807, 2.05) is 19.1 Å². The largest absolute Gasteiger partial charge is 0.365 e. The van der Waals surface area contributed by atoms with E-state index in [2.05, 4.69) is 15.6 Å². The summed E-state index contributed by atoms with van der Waals surface area (Å²) in [5, 5.41) is 6.93. The maximum Gasteiger partial charge on any atom is 0.267 e. The molecule has 4 nitrogen and oxygen atoms in total. The highest BCUT2D eigenvalue weighted by Crippen LogP contribution is 2.26. The lowest BCUT2D eigenvalue weighted by Gasteiger charge is -2.08. The van der Waals surface area contributed by atoms with Crippen LogP contribution in [0.4, 0.5) is 10.8 Å². The van der Waals surface area contributed by atoms with Crippen LogP contribution < -0.4 is 10.6 Å². The highest BCUT2D eigenvalue weighted by molar-refractivity contribution is 7.17. The fourth-order valence-electron chi connectivity index (χ4n) is 1.46. The van der Waals surface area contributed by atoms with Crippen molar-refractivity contribution in [2.45, 2.75) is 6.92 Å². The molecule has 18 heavy (non-hydrogen) atoms. The maximum atomic E-state index is 12.0. The van der Waals surface area contributed by atoms with Crippen LogP contribution in [0.1, 0.15) is 15.2 Å². The zero-order valence-corrected chi connectivity index (χ0v) is 11.5. The van der Waals surface area contributed by atoms with E-state index < -0.39 is 0 Å². The second-order valence-electron chi connectivity index (χ2n) is 3.67. The molecular weight excluding hydrogens is 270 g/mol. The standard InChI is InChI=1S/C12H12ClN3OS/c1-7-4-3-5-8(13)10(7)16-11(17)9-6-15-12(14-2)18-9/h3-6H,1-2H3,(H,14,15)(H,16,17). The Morgan fingerprint density at radius 3 is 2.83 bits per heavy atom. The maximum absolute atomic E-state index is 12.0. The van der Waals surface area contributed by atoms with E-state index in [0.29, 0.717) is 20.7 Å². The van der Waals surface area contributed by atoms with Crippen molar-refractivity contribution < 1.29 is 4.79 Å². The first-order chi connectivity index (χ1) is 8.61. The number of halogens is 1. The second-order valence-corrected chi connectivity index (χ2v) is 5.10. The van der Waals surface area contributed by atoms with Crippen molar-refractivity contribution in [2.75, 3.05) is 17.7 Å². The van der Waals surface area contributed by atoms with Gasteiger partial charge in [0.15, 0.2) is 5.13 Å². The van der Waals surface area contributed by atoms with Gasteiger partial charge in [0.1, 0.15) is 4.88 Å². The number of amides is 1. The van der Waals surface area contributed by atoms with Crippen LogP contribution in [-0.2, 0) is 0 Å². The van der Waals surface area contributed by atoms with E-state index in [9.17, 15) is 4.79 Å². The topological polar surface area (TPSA) is 54.0 Å². The number of carbonyl (C=O) groups is 1. The number of hydrogen-bond acceptors (Lipinski definition) is 4. The number of aryl methyl sites for hydroxylation is 1. The fourth-order valence-corrected chi connectivity index (χ4v) is 2.39. The Morgan fingerprint density at radius 1 is 1.44 bits per heavy atom. The van der Waals surface area contributed by atoms with Crippen molar-refractivity contribution in [3.05, 3.63) is 39.9 Å². The molecule has 0 aliphatic carbocycles. The SMILES string of the molecule is CNc1ncc(C(=O)Nc2c(C)cccc2Cl)s1. The first-order valence-electron chi connectivity index (χ1n) is 5.32. The second kappa shape index (κ2) is 5.37. The molecule has 1 heterocycles. The molecule has 1 aromatic carbocycles. The lowest BCUT2D eigenvalue weighted by Crippen LogP contribution is -2.11. The van der Waals surface area contributed by atoms with E-state index in [0.717, 1.165) is 5.56 Å². The first-order valence-corrected chi connectivity index (χ1v) is 6.51. The summed E-state index contributed by atoms with van der Waals surface area (Å²) in [5.74, 6) is -0.204. The zero-order chi connectivity index (χ0) is 13.1. The molecule has 0 bridgehead atoms. The van der Waals surface area contributed by atoms with Gasteiger partial charge in [0.25, 0.3) is 5.91 Å². The summed E-state index contributed by atoms with van der Waals surface area (Å²) >= 11 is 7.35. The molecule has 0 spiro atoms. The van der Waals surface area contributed by atoms with Crippen LogP contribution in [-0.4, -0.2) is 17.9 Å². The van der Waals surface area contributed by atoms with E-state index in [1.54, 1.807) is 13.1 Å². The summed E-state index contributed by atoms with van der Waals surface area (Å²) in [6.07, 6.45) is 1.54. The van der Waals surface area contributed by atoms with Crippen molar-refractivity contribution in [3.63, 3.8) is 0 Å². The molecule has 6 heteroatoms. The molecule has 0 saturated carbocycles. The molecule has 0 saturated heterocycles. The monoisotopic (exact) mass is 281 g/mol. The molecule has 0 aliphatic rings. The van der Waals surface area contributed by atoms with Crippen LogP contribution in [0.5, 0.6) is 0 Å². The van der Waals surface area contributed by atoms with E-state index in [-0.39, 0.29) is 5.91 Å². The van der Waals surface area contributed by atoms with Gasteiger partial charge < -0.3 is 10.6 Å². The number of anilines is 2. The van der Waals surface area contributed by atoms with Gasteiger partial charge in [-0.25, -0.2) is 4.98 Å². The van der Waals surface area contributed by atoms with Gasteiger partial charge in [0.05, 0.1) is 16.9 Å². The van der Waals surface area contributed by atoms with Crippen molar-refractivity contribution in [1.82, 2.24) is 4.98 Å². The highest BCUT2D eigenvalue weighted by atomic mass is 35.5. The number of carbonyl (C=O) groups excluding carboxylic acids is 1. The number of hydrogen-bond donors (Lipinski definition) is 2. The number of nitrogens with one attached hydrogen (secondary N) is 2. The number of benzene rings is 1. The van der Waals surface area contributed by atoms with Gasteiger partial charge in [0.2, 0.25) is 0 Å². The Kier molecular flexibility index (Phi) is 3.84. The molecule has 2 N–H and O–H groups in total. The number of nitrogens with zero attached hydrogens (tertiary/aromatic N) is 1. The van der Waals surface area contributed by atoms with E-state index in [1.165, 1.54) is 17.5 Å². The third-order valence-electron chi connectivity index (χ3n) is 2.40. The zero-order valence-electron chi connectivity index (χ0n) is 9.95. The predicted octanol–water partition coefficient (Wildman–Crippen LogP) is 3.40. The Hall–Kier alpha value is -1.59. The summed E-state index contributed by atoms with van der Waals surface area (Å²) < 4.78 is 0. The van der Waals surface area contributed by atoms with E-state index >= 15 is 0 Å².